The molecule has 3 saturated carbocycles. The minimum absolute atomic E-state index is 0.109. The third kappa shape index (κ3) is 0.805. The zero-order valence-electron chi connectivity index (χ0n) is 8.95. The highest BCUT2D eigenvalue weighted by Gasteiger charge is 2.72. The van der Waals surface area contributed by atoms with Crippen LogP contribution in [-0.2, 0) is 9.53 Å². The second kappa shape index (κ2) is 2.46. The molecule has 3 heteroatoms. The Labute approximate surface area is 89.1 Å². The van der Waals surface area contributed by atoms with Gasteiger partial charge in [-0.2, -0.15) is 0 Å². The molecule has 0 aliphatic heterocycles. The van der Waals surface area contributed by atoms with Gasteiger partial charge < -0.3 is 9.84 Å². The third-order valence-corrected chi connectivity index (χ3v) is 4.93. The number of fused-ring (bicyclic) bond motifs is 1. The van der Waals surface area contributed by atoms with Crippen LogP contribution in [0.25, 0.3) is 0 Å². The van der Waals surface area contributed by atoms with Gasteiger partial charge in [0, 0.05) is 5.41 Å². The summed E-state index contributed by atoms with van der Waals surface area (Å²) in [6.45, 7) is 4.05. The maximum absolute atomic E-state index is 11.8. The summed E-state index contributed by atoms with van der Waals surface area (Å²) in [7, 11) is 1.45. The highest BCUT2D eigenvalue weighted by Crippen LogP contribution is 2.74. The second-order valence-corrected chi connectivity index (χ2v) is 5.42. The van der Waals surface area contributed by atoms with Crippen LogP contribution in [0, 0.1) is 16.7 Å². The summed E-state index contributed by atoms with van der Waals surface area (Å²) in [5.41, 5.74) is 0.588. The van der Waals surface area contributed by atoms with Crippen LogP contribution in [0.3, 0.4) is 0 Å². The molecule has 4 unspecified atom stereocenters. The molecule has 3 nitrogen and oxygen atoms in total. The van der Waals surface area contributed by atoms with Crippen LogP contribution >= 0.6 is 0 Å². The van der Waals surface area contributed by atoms with Crippen molar-refractivity contribution in [3.05, 3.63) is 12.2 Å². The molecule has 3 fully saturated rings. The van der Waals surface area contributed by atoms with Crippen LogP contribution < -0.4 is 0 Å². The summed E-state index contributed by atoms with van der Waals surface area (Å²) in [4.78, 5) is 11.8. The third-order valence-electron chi connectivity index (χ3n) is 4.93. The minimum Gasteiger partial charge on any atom is -0.469 e. The van der Waals surface area contributed by atoms with Crippen LogP contribution in [0.4, 0.5) is 0 Å². The lowest BCUT2D eigenvalue weighted by Crippen LogP contribution is -2.50. The van der Waals surface area contributed by atoms with Crippen LogP contribution in [-0.4, -0.2) is 24.3 Å². The van der Waals surface area contributed by atoms with E-state index in [4.69, 9.17) is 4.74 Å². The first-order chi connectivity index (χ1) is 7.05. The van der Waals surface area contributed by atoms with Gasteiger partial charge >= 0.3 is 5.97 Å². The molecule has 3 rings (SSSR count). The first-order valence-electron chi connectivity index (χ1n) is 5.50. The first kappa shape index (κ1) is 9.40. The number of aliphatic hydroxyl groups excluding tert-OH is 1. The molecule has 0 aromatic carbocycles. The maximum Gasteiger partial charge on any atom is 0.312 e. The summed E-state index contributed by atoms with van der Waals surface area (Å²) in [6.07, 6.45) is 2.92. The van der Waals surface area contributed by atoms with E-state index in [2.05, 4.69) is 6.58 Å². The topological polar surface area (TPSA) is 46.5 Å². The monoisotopic (exact) mass is 208 g/mol. The van der Waals surface area contributed by atoms with Crippen LogP contribution in [0.1, 0.15) is 25.7 Å². The van der Waals surface area contributed by atoms with Gasteiger partial charge in [0.15, 0.2) is 0 Å². The number of esters is 1. The smallest absolute Gasteiger partial charge is 0.312 e. The van der Waals surface area contributed by atoms with E-state index in [-0.39, 0.29) is 22.9 Å². The molecule has 4 atom stereocenters. The molecule has 0 amide bonds. The Kier molecular flexibility index (Phi) is 1.54. The molecular formula is C12H16O3. The SMILES string of the molecule is C=C1CC2(C(=O)OC)CC3CC(O)C13C2. The summed E-state index contributed by atoms with van der Waals surface area (Å²) >= 11 is 0. The lowest BCUT2D eigenvalue weighted by molar-refractivity contribution is -0.152. The van der Waals surface area contributed by atoms with E-state index in [9.17, 15) is 9.90 Å². The zero-order valence-corrected chi connectivity index (χ0v) is 8.95. The van der Waals surface area contributed by atoms with E-state index < -0.39 is 0 Å². The molecule has 3 aliphatic carbocycles. The van der Waals surface area contributed by atoms with Gasteiger partial charge in [0.05, 0.1) is 18.6 Å². The van der Waals surface area contributed by atoms with Crippen molar-refractivity contribution in [1.29, 1.82) is 0 Å². The van der Waals surface area contributed by atoms with Gasteiger partial charge in [0.1, 0.15) is 0 Å². The van der Waals surface area contributed by atoms with Gasteiger partial charge in [-0.25, -0.2) is 0 Å². The molecule has 2 bridgehead atoms. The minimum atomic E-state index is -0.353. The molecule has 15 heavy (non-hydrogen) atoms. The fraction of sp³-hybridized carbons (Fsp3) is 0.750. The molecule has 1 N–H and O–H groups in total. The number of carbonyl (C=O) groups is 1. The summed E-state index contributed by atoms with van der Waals surface area (Å²) in [5, 5.41) is 9.92. The van der Waals surface area contributed by atoms with Crippen molar-refractivity contribution in [2.24, 2.45) is 16.7 Å². The van der Waals surface area contributed by atoms with Crippen molar-refractivity contribution < 1.29 is 14.6 Å². The average molecular weight is 208 g/mol. The van der Waals surface area contributed by atoms with Gasteiger partial charge in [-0.15, -0.1) is 0 Å². The average Bonchev–Trinajstić information content (AvgIpc) is 2.66. The molecule has 0 aromatic heterocycles. The number of aliphatic hydroxyl groups is 1. The van der Waals surface area contributed by atoms with Gasteiger partial charge in [-0.1, -0.05) is 12.2 Å². The van der Waals surface area contributed by atoms with Crippen LogP contribution in [0.2, 0.25) is 0 Å². The Hall–Kier alpha value is -0.830. The quantitative estimate of drug-likeness (QED) is 0.521. The van der Waals surface area contributed by atoms with Gasteiger partial charge in [-0.3, -0.25) is 4.79 Å². The molecule has 82 valence electrons. The number of ether oxygens (including phenoxy) is 1. The number of rotatable bonds is 1. The van der Waals surface area contributed by atoms with Gasteiger partial charge in [-0.05, 0) is 31.6 Å². The lowest BCUT2D eigenvalue weighted by Gasteiger charge is -2.51. The number of hydrogen-bond acceptors (Lipinski definition) is 3. The molecule has 3 aliphatic rings. The highest BCUT2D eigenvalue weighted by molar-refractivity contribution is 5.79. The lowest BCUT2D eigenvalue weighted by atomic mass is 9.56. The van der Waals surface area contributed by atoms with Crippen molar-refractivity contribution in [3.8, 4) is 0 Å². The first-order valence-corrected chi connectivity index (χ1v) is 5.50. The van der Waals surface area contributed by atoms with Crippen molar-refractivity contribution in [2.45, 2.75) is 31.8 Å². The number of methoxy groups -OCH3 is 1. The standard InChI is InChI=1S/C12H16O3/c1-7-4-11(10(14)15-2)5-8-3-9(13)12(7,8)6-11/h8-9,13H,1,3-6H2,2H3. The van der Waals surface area contributed by atoms with E-state index in [1.165, 1.54) is 7.11 Å². The van der Waals surface area contributed by atoms with E-state index >= 15 is 0 Å². The predicted molar refractivity (Wildman–Crippen MR) is 54.0 cm³/mol. The zero-order chi connectivity index (χ0) is 10.8. The maximum atomic E-state index is 11.8. The molecule has 0 aromatic rings. The van der Waals surface area contributed by atoms with Gasteiger partial charge in [0.25, 0.3) is 0 Å². The Balaban J connectivity index is 2.00. The fourth-order valence-corrected chi connectivity index (χ4v) is 4.23. The van der Waals surface area contributed by atoms with Crippen molar-refractivity contribution in [3.63, 3.8) is 0 Å². The second-order valence-electron chi connectivity index (χ2n) is 5.42. The van der Waals surface area contributed by atoms with Crippen molar-refractivity contribution in [1.82, 2.24) is 0 Å². The van der Waals surface area contributed by atoms with E-state index in [0.29, 0.717) is 12.3 Å². The molecular weight excluding hydrogens is 192 g/mol. The fourth-order valence-electron chi connectivity index (χ4n) is 4.23. The molecule has 0 radical (unpaired) electrons. The molecule has 0 heterocycles. The van der Waals surface area contributed by atoms with E-state index in [1.54, 1.807) is 0 Å². The van der Waals surface area contributed by atoms with Crippen LogP contribution in [0.15, 0.2) is 12.2 Å². The molecule has 1 spiro atoms. The normalized spacial score (nSPS) is 51.2. The number of carbonyl (C=O) groups excluding carboxylic acids is 1. The van der Waals surface area contributed by atoms with Crippen molar-refractivity contribution in [2.75, 3.05) is 7.11 Å². The largest absolute Gasteiger partial charge is 0.469 e. The van der Waals surface area contributed by atoms with E-state index in [0.717, 1.165) is 24.8 Å². The van der Waals surface area contributed by atoms with Crippen LogP contribution in [0.5, 0.6) is 0 Å². The van der Waals surface area contributed by atoms with Crippen molar-refractivity contribution >= 4 is 5.97 Å². The summed E-state index contributed by atoms with van der Waals surface area (Å²) in [6, 6.07) is 0. The Morgan fingerprint density at radius 3 is 2.87 bits per heavy atom. The Morgan fingerprint density at radius 2 is 2.40 bits per heavy atom. The Morgan fingerprint density at radius 1 is 1.67 bits per heavy atom. The predicted octanol–water partition coefficient (Wildman–Crippen LogP) is 1.27. The summed E-state index contributed by atoms with van der Waals surface area (Å²) in [5.74, 6) is 0.356. The molecule has 0 saturated heterocycles. The summed E-state index contributed by atoms with van der Waals surface area (Å²) < 4.78 is 4.90. The van der Waals surface area contributed by atoms with E-state index in [1.807, 2.05) is 0 Å². The highest BCUT2D eigenvalue weighted by atomic mass is 16.5. The number of hydrogen-bond donors (Lipinski definition) is 1. The van der Waals surface area contributed by atoms with Gasteiger partial charge in [0.2, 0.25) is 0 Å². The Bertz CT molecular complexity index is 362.